The average molecular weight is 320 g/mol. The van der Waals surface area contributed by atoms with Crippen molar-refractivity contribution < 1.29 is 13.2 Å². The van der Waals surface area contributed by atoms with Crippen LogP contribution in [0.25, 0.3) is 0 Å². The van der Waals surface area contributed by atoms with Gasteiger partial charge in [-0.25, -0.2) is 12.7 Å². The number of rotatable bonds is 8. The molecule has 0 spiro atoms. The van der Waals surface area contributed by atoms with E-state index in [-0.39, 0.29) is 11.6 Å². The summed E-state index contributed by atoms with van der Waals surface area (Å²) in [6.07, 6.45) is 4.30. The molecule has 0 saturated carbocycles. The molecule has 126 valence electrons. The van der Waals surface area contributed by atoms with Crippen molar-refractivity contribution in [2.45, 2.75) is 58.6 Å². The zero-order valence-electron chi connectivity index (χ0n) is 14.2. The predicted molar refractivity (Wildman–Crippen MR) is 86.9 cm³/mol. The van der Waals surface area contributed by atoms with E-state index in [1.807, 2.05) is 6.92 Å². The molecule has 0 aromatic carbocycles. The zero-order chi connectivity index (χ0) is 16.1. The van der Waals surface area contributed by atoms with Crippen LogP contribution in [0.4, 0.5) is 0 Å². The summed E-state index contributed by atoms with van der Waals surface area (Å²) in [6, 6.07) is 0.243. The SMILES string of the molecule is CCNC(CC1CCCN(S(C)(=O)=O)C1)C(C)(C)OCC. The van der Waals surface area contributed by atoms with Crippen molar-refractivity contribution in [1.82, 2.24) is 9.62 Å². The lowest BCUT2D eigenvalue weighted by molar-refractivity contribution is -0.0446. The van der Waals surface area contributed by atoms with Gasteiger partial charge in [-0.3, -0.25) is 0 Å². The smallest absolute Gasteiger partial charge is 0.211 e. The van der Waals surface area contributed by atoms with E-state index in [2.05, 4.69) is 26.1 Å². The molecule has 0 radical (unpaired) electrons. The molecule has 0 amide bonds. The molecule has 1 aliphatic rings. The van der Waals surface area contributed by atoms with Crippen LogP contribution in [0, 0.1) is 5.92 Å². The minimum absolute atomic E-state index is 0.238. The molecule has 1 aliphatic heterocycles. The van der Waals surface area contributed by atoms with Crippen molar-refractivity contribution in [3.05, 3.63) is 0 Å². The van der Waals surface area contributed by atoms with Gasteiger partial charge in [0.2, 0.25) is 10.0 Å². The number of nitrogens with zero attached hydrogens (tertiary/aromatic N) is 1. The lowest BCUT2D eigenvalue weighted by Gasteiger charge is -2.39. The van der Waals surface area contributed by atoms with Crippen LogP contribution in [0.3, 0.4) is 0 Å². The maximum absolute atomic E-state index is 11.7. The second kappa shape index (κ2) is 7.90. The van der Waals surface area contributed by atoms with Crippen LogP contribution < -0.4 is 5.32 Å². The van der Waals surface area contributed by atoms with E-state index in [0.29, 0.717) is 25.6 Å². The van der Waals surface area contributed by atoms with E-state index >= 15 is 0 Å². The molecule has 1 fully saturated rings. The van der Waals surface area contributed by atoms with Gasteiger partial charge in [0.25, 0.3) is 0 Å². The van der Waals surface area contributed by atoms with Crippen molar-refractivity contribution in [3.63, 3.8) is 0 Å². The molecular weight excluding hydrogens is 288 g/mol. The summed E-state index contributed by atoms with van der Waals surface area (Å²) in [5, 5.41) is 3.52. The number of nitrogens with one attached hydrogen (secondary N) is 1. The number of ether oxygens (including phenoxy) is 1. The van der Waals surface area contributed by atoms with Crippen molar-refractivity contribution in [2.24, 2.45) is 5.92 Å². The van der Waals surface area contributed by atoms with Crippen LogP contribution in [0.2, 0.25) is 0 Å². The molecule has 0 aliphatic carbocycles. The monoisotopic (exact) mass is 320 g/mol. The van der Waals surface area contributed by atoms with E-state index in [4.69, 9.17) is 4.74 Å². The third-order valence-corrected chi connectivity index (χ3v) is 5.60. The summed E-state index contributed by atoms with van der Waals surface area (Å²) in [5.41, 5.74) is -0.238. The van der Waals surface area contributed by atoms with Crippen molar-refractivity contribution >= 4 is 10.0 Å². The normalized spacial score (nSPS) is 23.2. The van der Waals surface area contributed by atoms with Gasteiger partial charge in [-0.05, 0) is 52.5 Å². The van der Waals surface area contributed by atoms with E-state index in [1.54, 1.807) is 4.31 Å². The van der Waals surface area contributed by atoms with Gasteiger partial charge < -0.3 is 10.1 Å². The molecule has 1 heterocycles. The highest BCUT2D eigenvalue weighted by Gasteiger charge is 2.34. The van der Waals surface area contributed by atoms with Gasteiger partial charge in [-0.2, -0.15) is 0 Å². The number of hydrogen-bond donors (Lipinski definition) is 1. The first-order chi connectivity index (χ1) is 9.70. The standard InChI is InChI=1S/C15H32N2O3S/c1-6-16-14(15(3,4)20-7-2)11-13-9-8-10-17(12-13)21(5,18)19/h13-14,16H,6-12H2,1-5H3. The Bertz CT molecular complexity index is 409. The molecule has 0 aromatic heterocycles. The Morgan fingerprint density at radius 3 is 2.57 bits per heavy atom. The summed E-state index contributed by atoms with van der Waals surface area (Å²) in [4.78, 5) is 0. The summed E-state index contributed by atoms with van der Waals surface area (Å²) >= 11 is 0. The fourth-order valence-corrected chi connectivity index (χ4v) is 4.13. The van der Waals surface area contributed by atoms with Crippen LogP contribution in [-0.2, 0) is 14.8 Å². The largest absolute Gasteiger partial charge is 0.374 e. The number of likely N-dealkylation sites (N-methyl/N-ethyl adjacent to an activating group) is 1. The molecule has 2 atom stereocenters. The number of piperidine rings is 1. The Morgan fingerprint density at radius 2 is 2.05 bits per heavy atom. The van der Waals surface area contributed by atoms with E-state index < -0.39 is 10.0 Å². The fraction of sp³-hybridized carbons (Fsp3) is 1.00. The summed E-state index contributed by atoms with van der Waals surface area (Å²) in [5.74, 6) is 0.400. The second-order valence-corrected chi connectivity index (χ2v) is 8.49. The number of sulfonamides is 1. The van der Waals surface area contributed by atoms with Gasteiger partial charge in [-0.1, -0.05) is 6.92 Å². The highest BCUT2D eigenvalue weighted by molar-refractivity contribution is 7.88. The Hall–Kier alpha value is -0.170. The second-order valence-electron chi connectivity index (χ2n) is 6.51. The van der Waals surface area contributed by atoms with Gasteiger partial charge in [-0.15, -0.1) is 0 Å². The zero-order valence-corrected chi connectivity index (χ0v) is 15.0. The maximum atomic E-state index is 11.7. The molecule has 2 unspecified atom stereocenters. The van der Waals surface area contributed by atoms with Crippen LogP contribution in [0.1, 0.15) is 47.0 Å². The van der Waals surface area contributed by atoms with Crippen LogP contribution in [-0.4, -0.2) is 56.9 Å². The third-order valence-electron chi connectivity index (χ3n) is 4.33. The minimum atomic E-state index is -3.07. The Labute approximate surface area is 130 Å². The van der Waals surface area contributed by atoms with E-state index in [1.165, 1.54) is 6.26 Å². The molecule has 0 aromatic rings. The van der Waals surface area contributed by atoms with Gasteiger partial charge in [0, 0.05) is 25.7 Å². The molecule has 1 saturated heterocycles. The lowest BCUT2D eigenvalue weighted by atomic mass is 9.85. The molecule has 6 heteroatoms. The Morgan fingerprint density at radius 1 is 1.38 bits per heavy atom. The summed E-state index contributed by atoms with van der Waals surface area (Å²) < 4.78 is 31.0. The maximum Gasteiger partial charge on any atom is 0.211 e. The molecular formula is C15H32N2O3S. The summed E-state index contributed by atoms with van der Waals surface area (Å²) in [6.45, 7) is 11.2. The lowest BCUT2D eigenvalue weighted by Crippen LogP contribution is -2.51. The van der Waals surface area contributed by atoms with Gasteiger partial charge in [0.15, 0.2) is 0 Å². The molecule has 1 N–H and O–H groups in total. The van der Waals surface area contributed by atoms with Crippen molar-refractivity contribution in [3.8, 4) is 0 Å². The van der Waals surface area contributed by atoms with Gasteiger partial charge in [0.1, 0.15) is 0 Å². The van der Waals surface area contributed by atoms with Crippen molar-refractivity contribution in [2.75, 3.05) is 32.5 Å². The van der Waals surface area contributed by atoms with Crippen LogP contribution in [0.5, 0.6) is 0 Å². The topological polar surface area (TPSA) is 58.6 Å². The number of hydrogen-bond acceptors (Lipinski definition) is 4. The third kappa shape index (κ3) is 5.85. The Balaban J connectivity index is 2.70. The highest BCUT2D eigenvalue weighted by Crippen LogP contribution is 2.27. The molecule has 5 nitrogen and oxygen atoms in total. The van der Waals surface area contributed by atoms with Gasteiger partial charge >= 0.3 is 0 Å². The summed E-state index contributed by atoms with van der Waals surface area (Å²) in [7, 11) is -3.07. The molecule has 0 bridgehead atoms. The predicted octanol–water partition coefficient (Wildman–Crippen LogP) is 1.84. The van der Waals surface area contributed by atoms with Crippen LogP contribution >= 0.6 is 0 Å². The van der Waals surface area contributed by atoms with Crippen molar-refractivity contribution in [1.29, 1.82) is 0 Å². The van der Waals surface area contributed by atoms with Crippen LogP contribution in [0.15, 0.2) is 0 Å². The van der Waals surface area contributed by atoms with Gasteiger partial charge in [0.05, 0.1) is 11.9 Å². The fourth-order valence-electron chi connectivity index (χ4n) is 3.19. The first-order valence-corrected chi connectivity index (χ1v) is 9.88. The Kier molecular flexibility index (Phi) is 7.10. The average Bonchev–Trinajstić information content (AvgIpc) is 2.37. The minimum Gasteiger partial charge on any atom is -0.374 e. The highest BCUT2D eigenvalue weighted by atomic mass is 32.2. The molecule has 1 rings (SSSR count). The molecule has 21 heavy (non-hydrogen) atoms. The quantitative estimate of drug-likeness (QED) is 0.741. The van der Waals surface area contributed by atoms with E-state index in [0.717, 1.165) is 25.8 Å². The van der Waals surface area contributed by atoms with E-state index in [9.17, 15) is 8.42 Å². The first-order valence-electron chi connectivity index (χ1n) is 8.03. The first kappa shape index (κ1) is 18.9.